The number of para-hydroxylation sites is 1. The number of carbonyl (C=O) groups excluding carboxylic acids is 1. The van der Waals surface area contributed by atoms with Crippen LogP contribution in [0.5, 0.6) is 0 Å². The number of aromatic nitrogens is 4. The summed E-state index contributed by atoms with van der Waals surface area (Å²) in [7, 11) is -0.738. The summed E-state index contributed by atoms with van der Waals surface area (Å²) in [6.07, 6.45) is -2.31. The summed E-state index contributed by atoms with van der Waals surface area (Å²) >= 11 is 0. The topological polar surface area (TPSA) is 198 Å². The number of hydrogen-bond acceptors (Lipinski definition) is 11. The molecule has 0 spiro atoms. The van der Waals surface area contributed by atoms with Gasteiger partial charge in [0.25, 0.3) is 5.91 Å². The molecule has 3 aromatic rings. The first-order valence-corrected chi connectivity index (χ1v) is 11.6. The highest BCUT2D eigenvalue weighted by atomic mass is 32.2. The summed E-state index contributed by atoms with van der Waals surface area (Å²) in [6, 6.07) is 6.00. The van der Waals surface area contributed by atoms with Crippen molar-refractivity contribution in [2.24, 2.45) is 0 Å². The minimum Gasteiger partial charge on any atom is -0.398 e. The number of amides is 1. The second-order valence-corrected chi connectivity index (χ2v) is 9.33. The summed E-state index contributed by atoms with van der Waals surface area (Å²) in [4.78, 5) is 26.6. The number of carbonyl (C=O) groups is 1. The van der Waals surface area contributed by atoms with Gasteiger partial charge >= 0.3 is 10.2 Å². The van der Waals surface area contributed by atoms with Crippen molar-refractivity contribution in [2.45, 2.75) is 24.5 Å². The van der Waals surface area contributed by atoms with Crippen LogP contribution in [0.25, 0.3) is 11.2 Å². The number of hydrogen-bond donors (Lipinski definition) is 5. The molecule has 0 unspecified atom stereocenters. The van der Waals surface area contributed by atoms with E-state index in [0.717, 1.165) is 0 Å². The van der Waals surface area contributed by atoms with Gasteiger partial charge in [0.1, 0.15) is 24.6 Å². The normalized spacial score (nSPS) is 22.7. The Labute approximate surface area is 194 Å². The largest absolute Gasteiger partial charge is 0.398 e. The van der Waals surface area contributed by atoms with Crippen LogP contribution in [0.4, 0.5) is 11.5 Å². The van der Waals surface area contributed by atoms with Crippen molar-refractivity contribution < 1.29 is 28.2 Å². The smallest absolute Gasteiger partial charge is 0.301 e. The van der Waals surface area contributed by atoms with Gasteiger partial charge in [-0.2, -0.15) is 13.1 Å². The molecule has 4 rings (SSSR count). The average Bonchev–Trinajstić information content (AvgIpc) is 3.33. The van der Waals surface area contributed by atoms with Crippen molar-refractivity contribution in [3.63, 3.8) is 0 Å². The molecular formula is C19H24N8O6S. The second kappa shape index (κ2) is 9.11. The Kier molecular flexibility index (Phi) is 6.37. The van der Waals surface area contributed by atoms with Gasteiger partial charge < -0.3 is 25.6 Å². The number of benzene rings is 1. The van der Waals surface area contributed by atoms with E-state index in [2.05, 4.69) is 19.7 Å². The fourth-order valence-electron chi connectivity index (χ4n) is 3.59. The maximum atomic E-state index is 12.3. The lowest BCUT2D eigenvalue weighted by Crippen LogP contribution is -2.45. The van der Waals surface area contributed by atoms with Gasteiger partial charge in [-0.15, -0.1) is 0 Å². The Hall–Kier alpha value is -3.37. The molecule has 0 bridgehead atoms. The van der Waals surface area contributed by atoms with Crippen LogP contribution in [-0.4, -0.2) is 83.0 Å². The fourth-order valence-corrected chi connectivity index (χ4v) is 4.40. The molecule has 15 heteroatoms. The zero-order valence-electron chi connectivity index (χ0n) is 18.2. The maximum Gasteiger partial charge on any atom is 0.301 e. The van der Waals surface area contributed by atoms with Gasteiger partial charge in [-0.05, 0) is 12.1 Å². The van der Waals surface area contributed by atoms with E-state index < -0.39 is 47.2 Å². The summed E-state index contributed by atoms with van der Waals surface area (Å²) in [5, 5.41) is 21.0. The quantitative estimate of drug-likeness (QED) is 0.237. The second-order valence-electron chi connectivity index (χ2n) is 7.83. The van der Waals surface area contributed by atoms with E-state index in [1.54, 1.807) is 31.1 Å². The van der Waals surface area contributed by atoms with Gasteiger partial charge in [0.2, 0.25) is 0 Å². The van der Waals surface area contributed by atoms with Gasteiger partial charge in [0, 0.05) is 26.3 Å². The molecule has 14 nitrogen and oxygen atoms in total. The molecule has 3 heterocycles. The molecule has 34 heavy (non-hydrogen) atoms. The fraction of sp³-hybridized carbons (Fsp3) is 0.368. The Morgan fingerprint density at radius 1 is 1.21 bits per heavy atom. The molecule has 1 aliphatic heterocycles. The standard InChI is InChI=1S/C19H24N8O6S/c1-26(2)16-13-17(22-8-21-16)27(9-23-13)19-15(29)14(28)12(33-19)7-24-34(31,32)25-18(30)10-5-3-4-6-11(10)20/h3-6,8-9,12,14-15,19,24,28-29H,7,20H2,1-2H3,(H,25,30)/t12-,14-,15-,19-/m1/s1. The first-order chi connectivity index (χ1) is 16.1. The molecule has 1 amide bonds. The van der Waals surface area contributed by atoms with Crippen molar-refractivity contribution in [2.75, 3.05) is 31.3 Å². The van der Waals surface area contributed by atoms with Crippen molar-refractivity contribution in [1.29, 1.82) is 0 Å². The van der Waals surface area contributed by atoms with Crippen molar-refractivity contribution >= 4 is 38.8 Å². The lowest BCUT2D eigenvalue weighted by Gasteiger charge is -2.17. The first kappa shape index (κ1) is 23.8. The van der Waals surface area contributed by atoms with Gasteiger partial charge in [-0.3, -0.25) is 9.36 Å². The number of nitrogens with zero attached hydrogens (tertiary/aromatic N) is 5. The van der Waals surface area contributed by atoms with Crippen LogP contribution in [0.1, 0.15) is 16.6 Å². The number of aliphatic hydroxyl groups excluding tert-OH is 2. The molecule has 0 saturated carbocycles. The van der Waals surface area contributed by atoms with Gasteiger partial charge in [0.05, 0.1) is 11.9 Å². The molecule has 1 saturated heterocycles. The summed E-state index contributed by atoms with van der Waals surface area (Å²) in [5.74, 6) is -0.367. The van der Waals surface area contributed by atoms with Crippen molar-refractivity contribution in [1.82, 2.24) is 29.0 Å². The van der Waals surface area contributed by atoms with Gasteiger partial charge in [-0.25, -0.2) is 19.7 Å². The molecule has 1 aliphatic rings. The number of nitrogen functional groups attached to an aromatic ring is 1. The highest BCUT2D eigenvalue weighted by Crippen LogP contribution is 2.32. The van der Waals surface area contributed by atoms with Gasteiger partial charge in [0.15, 0.2) is 23.2 Å². The number of ether oxygens (including phenoxy) is 1. The number of rotatable bonds is 7. The van der Waals surface area contributed by atoms with Gasteiger partial charge in [-0.1, -0.05) is 12.1 Å². The Morgan fingerprint density at radius 3 is 2.65 bits per heavy atom. The van der Waals surface area contributed by atoms with Crippen molar-refractivity contribution in [3.8, 4) is 0 Å². The van der Waals surface area contributed by atoms with E-state index in [1.165, 1.54) is 29.4 Å². The number of imidazole rings is 1. The molecule has 1 fully saturated rings. The number of fused-ring (bicyclic) bond motifs is 1. The van der Waals surface area contributed by atoms with E-state index in [4.69, 9.17) is 10.5 Å². The predicted octanol–water partition coefficient (Wildman–Crippen LogP) is -1.64. The molecule has 4 atom stereocenters. The number of aliphatic hydroxyl groups is 2. The molecule has 0 aliphatic carbocycles. The minimum atomic E-state index is -4.32. The van der Waals surface area contributed by atoms with Crippen LogP contribution < -0.4 is 20.1 Å². The van der Waals surface area contributed by atoms with Crippen LogP contribution in [0.3, 0.4) is 0 Å². The zero-order valence-corrected chi connectivity index (χ0v) is 19.0. The zero-order chi connectivity index (χ0) is 24.6. The van der Waals surface area contributed by atoms with Crippen LogP contribution in [-0.2, 0) is 14.9 Å². The first-order valence-electron chi connectivity index (χ1n) is 10.1. The van der Waals surface area contributed by atoms with E-state index in [1.807, 2.05) is 4.72 Å². The Bertz CT molecular complexity index is 1310. The third-order valence-electron chi connectivity index (χ3n) is 5.28. The van der Waals surface area contributed by atoms with Crippen LogP contribution in [0.2, 0.25) is 0 Å². The van der Waals surface area contributed by atoms with E-state index in [-0.39, 0.29) is 11.3 Å². The average molecular weight is 493 g/mol. The van der Waals surface area contributed by atoms with Crippen LogP contribution in [0.15, 0.2) is 36.9 Å². The number of nitrogens with two attached hydrogens (primary N) is 1. The SMILES string of the molecule is CN(C)c1ncnc2c1ncn2[C@@H]1O[C@H](CNS(=O)(=O)NC(=O)c2ccccc2N)[C@@H](O)[C@H]1O. The monoisotopic (exact) mass is 492 g/mol. The van der Waals surface area contributed by atoms with Crippen LogP contribution in [0, 0.1) is 0 Å². The molecular weight excluding hydrogens is 468 g/mol. The minimum absolute atomic E-state index is 0.00779. The lowest BCUT2D eigenvalue weighted by atomic mass is 10.1. The van der Waals surface area contributed by atoms with Crippen molar-refractivity contribution in [3.05, 3.63) is 42.5 Å². The molecule has 0 radical (unpaired) electrons. The highest BCUT2D eigenvalue weighted by Gasteiger charge is 2.44. The highest BCUT2D eigenvalue weighted by molar-refractivity contribution is 7.88. The summed E-state index contributed by atoms with van der Waals surface area (Å²) in [5.41, 5.74) is 6.63. The number of nitrogens with one attached hydrogen (secondary N) is 2. The molecule has 2 aromatic heterocycles. The maximum absolute atomic E-state index is 12.3. The lowest BCUT2D eigenvalue weighted by molar-refractivity contribution is -0.0330. The summed E-state index contributed by atoms with van der Waals surface area (Å²) < 4.78 is 35.8. The third kappa shape index (κ3) is 4.51. The van der Waals surface area contributed by atoms with E-state index >= 15 is 0 Å². The van der Waals surface area contributed by atoms with E-state index in [9.17, 15) is 23.4 Å². The Morgan fingerprint density at radius 2 is 1.94 bits per heavy atom. The number of anilines is 2. The van der Waals surface area contributed by atoms with E-state index in [0.29, 0.717) is 17.0 Å². The predicted molar refractivity (Wildman–Crippen MR) is 121 cm³/mol. The Balaban J connectivity index is 1.46. The molecule has 182 valence electrons. The molecule has 6 N–H and O–H groups in total. The molecule has 1 aromatic carbocycles. The summed E-state index contributed by atoms with van der Waals surface area (Å²) in [6.45, 7) is -0.424. The van der Waals surface area contributed by atoms with Crippen LogP contribution >= 0.6 is 0 Å². The third-order valence-corrected chi connectivity index (χ3v) is 6.28.